The van der Waals surface area contributed by atoms with Crippen molar-refractivity contribution in [2.75, 3.05) is 11.9 Å². The number of hydrogen-bond donors (Lipinski definition) is 2. The van der Waals surface area contributed by atoms with E-state index in [0.29, 0.717) is 4.60 Å². The molecule has 0 aliphatic rings. The van der Waals surface area contributed by atoms with Crippen LogP contribution >= 0.6 is 15.9 Å². The second-order valence-corrected chi connectivity index (χ2v) is 4.85. The lowest BCUT2D eigenvalue weighted by Gasteiger charge is -2.19. The Labute approximate surface area is 101 Å². The van der Waals surface area contributed by atoms with Crippen LogP contribution in [0.5, 0.6) is 0 Å². The first-order chi connectivity index (χ1) is 7.29. The number of nitrogens with zero attached hydrogens (tertiary/aromatic N) is 1. The smallest absolute Gasteiger partial charge is 0.282 e. The standard InChI is InChI=1S/C10H13BrF2N2O/c1-10(2,16)5-14-6-3-4-7(11)15-8(6)9(12)13/h3-4,9,14,16H,5H2,1-2H3. The third-order valence-corrected chi connectivity index (χ3v) is 2.25. The molecule has 0 bridgehead atoms. The molecule has 2 N–H and O–H groups in total. The lowest BCUT2D eigenvalue weighted by molar-refractivity contribution is 0.0941. The highest BCUT2D eigenvalue weighted by molar-refractivity contribution is 9.10. The number of hydrogen-bond acceptors (Lipinski definition) is 3. The Kier molecular flexibility index (Phi) is 4.21. The minimum Gasteiger partial charge on any atom is -0.389 e. The predicted octanol–water partition coefficient (Wildman–Crippen LogP) is 2.96. The van der Waals surface area contributed by atoms with Crippen molar-refractivity contribution in [3.8, 4) is 0 Å². The summed E-state index contributed by atoms with van der Waals surface area (Å²) >= 11 is 3.03. The molecule has 90 valence electrons. The van der Waals surface area contributed by atoms with Gasteiger partial charge in [0.05, 0.1) is 11.3 Å². The predicted molar refractivity (Wildman–Crippen MR) is 61.7 cm³/mol. The van der Waals surface area contributed by atoms with Crippen LogP contribution in [0.2, 0.25) is 0 Å². The molecule has 1 heterocycles. The van der Waals surface area contributed by atoms with Crippen molar-refractivity contribution in [3.05, 3.63) is 22.4 Å². The molecule has 0 fully saturated rings. The van der Waals surface area contributed by atoms with Gasteiger partial charge < -0.3 is 10.4 Å². The van der Waals surface area contributed by atoms with Gasteiger partial charge >= 0.3 is 0 Å². The van der Waals surface area contributed by atoms with Gasteiger partial charge in [0.2, 0.25) is 0 Å². The van der Waals surface area contributed by atoms with Gasteiger partial charge in [-0.25, -0.2) is 13.8 Å². The van der Waals surface area contributed by atoms with Crippen LogP contribution in [0, 0.1) is 0 Å². The molecular formula is C10H13BrF2N2O. The quantitative estimate of drug-likeness (QED) is 0.839. The van der Waals surface area contributed by atoms with E-state index >= 15 is 0 Å². The lowest BCUT2D eigenvalue weighted by atomic mass is 10.1. The van der Waals surface area contributed by atoms with E-state index in [2.05, 4.69) is 26.2 Å². The van der Waals surface area contributed by atoms with Gasteiger partial charge in [0.15, 0.2) is 0 Å². The first-order valence-corrected chi connectivity index (χ1v) is 5.50. The van der Waals surface area contributed by atoms with E-state index in [1.165, 1.54) is 6.07 Å². The molecule has 1 aromatic rings. The molecule has 0 amide bonds. The Balaban J connectivity index is 2.87. The molecule has 0 radical (unpaired) electrons. The van der Waals surface area contributed by atoms with Crippen LogP contribution in [0.15, 0.2) is 16.7 Å². The Morgan fingerprint density at radius 3 is 2.62 bits per heavy atom. The number of pyridine rings is 1. The number of aromatic nitrogens is 1. The highest BCUT2D eigenvalue weighted by Crippen LogP contribution is 2.27. The summed E-state index contributed by atoms with van der Waals surface area (Å²) in [4.78, 5) is 3.70. The normalized spacial score (nSPS) is 11.9. The number of rotatable bonds is 4. The minimum atomic E-state index is -2.65. The highest BCUT2D eigenvalue weighted by atomic mass is 79.9. The number of anilines is 1. The molecule has 6 heteroatoms. The molecule has 0 saturated heterocycles. The fraction of sp³-hybridized carbons (Fsp3) is 0.500. The average Bonchev–Trinajstić information content (AvgIpc) is 2.14. The van der Waals surface area contributed by atoms with E-state index < -0.39 is 12.0 Å². The maximum Gasteiger partial charge on any atom is 0.282 e. The Hall–Kier alpha value is -0.750. The van der Waals surface area contributed by atoms with Gasteiger partial charge in [0.25, 0.3) is 6.43 Å². The molecule has 1 rings (SSSR count). The van der Waals surface area contributed by atoms with Crippen molar-refractivity contribution in [1.29, 1.82) is 0 Å². The first kappa shape index (κ1) is 13.3. The largest absolute Gasteiger partial charge is 0.389 e. The van der Waals surface area contributed by atoms with Gasteiger partial charge in [0, 0.05) is 6.54 Å². The average molecular weight is 295 g/mol. The topological polar surface area (TPSA) is 45.1 Å². The highest BCUT2D eigenvalue weighted by Gasteiger charge is 2.18. The molecule has 1 aromatic heterocycles. The summed E-state index contributed by atoms with van der Waals surface area (Å²) < 4.78 is 25.6. The van der Waals surface area contributed by atoms with Crippen LogP contribution in [-0.4, -0.2) is 22.2 Å². The van der Waals surface area contributed by atoms with Crippen molar-refractivity contribution < 1.29 is 13.9 Å². The third-order valence-electron chi connectivity index (χ3n) is 1.81. The van der Waals surface area contributed by atoms with Crippen LogP contribution in [-0.2, 0) is 0 Å². The second-order valence-electron chi connectivity index (χ2n) is 4.03. The minimum absolute atomic E-state index is 0.177. The zero-order valence-electron chi connectivity index (χ0n) is 8.97. The number of aliphatic hydroxyl groups is 1. The Morgan fingerprint density at radius 1 is 1.50 bits per heavy atom. The van der Waals surface area contributed by atoms with Crippen molar-refractivity contribution in [2.24, 2.45) is 0 Å². The summed E-state index contributed by atoms with van der Waals surface area (Å²) in [6.45, 7) is 3.36. The molecule has 0 saturated carbocycles. The number of halogens is 3. The van der Waals surface area contributed by atoms with Crippen LogP contribution in [0.1, 0.15) is 26.0 Å². The Morgan fingerprint density at radius 2 is 2.12 bits per heavy atom. The molecule has 0 atom stereocenters. The molecule has 0 spiro atoms. The fourth-order valence-corrected chi connectivity index (χ4v) is 1.40. The maximum atomic E-state index is 12.6. The fourth-order valence-electron chi connectivity index (χ4n) is 1.08. The van der Waals surface area contributed by atoms with E-state index in [1.807, 2.05) is 0 Å². The van der Waals surface area contributed by atoms with Crippen molar-refractivity contribution >= 4 is 21.6 Å². The van der Waals surface area contributed by atoms with E-state index in [-0.39, 0.29) is 17.9 Å². The zero-order valence-corrected chi connectivity index (χ0v) is 10.6. The van der Waals surface area contributed by atoms with Crippen LogP contribution < -0.4 is 5.32 Å². The summed E-state index contributed by atoms with van der Waals surface area (Å²) in [6, 6.07) is 3.07. The van der Waals surface area contributed by atoms with E-state index in [0.717, 1.165) is 0 Å². The van der Waals surface area contributed by atoms with Gasteiger partial charge in [-0.05, 0) is 41.9 Å². The molecule has 16 heavy (non-hydrogen) atoms. The lowest BCUT2D eigenvalue weighted by Crippen LogP contribution is -2.29. The monoisotopic (exact) mass is 294 g/mol. The summed E-state index contributed by atoms with van der Waals surface area (Å²) in [5.74, 6) is 0. The Bertz CT molecular complexity index is 366. The van der Waals surface area contributed by atoms with Crippen LogP contribution in [0.3, 0.4) is 0 Å². The summed E-state index contributed by atoms with van der Waals surface area (Å²) in [5, 5.41) is 12.2. The summed E-state index contributed by atoms with van der Waals surface area (Å²) in [7, 11) is 0. The van der Waals surface area contributed by atoms with E-state index in [9.17, 15) is 13.9 Å². The van der Waals surface area contributed by atoms with Gasteiger partial charge in [-0.1, -0.05) is 0 Å². The summed E-state index contributed by atoms with van der Waals surface area (Å²) in [5.41, 5.74) is -1.05. The number of alkyl halides is 2. The van der Waals surface area contributed by atoms with Gasteiger partial charge in [-0.3, -0.25) is 0 Å². The van der Waals surface area contributed by atoms with Crippen molar-refractivity contribution in [1.82, 2.24) is 4.98 Å². The third kappa shape index (κ3) is 4.02. The van der Waals surface area contributed by atoms with Crippen LogP contribution in [0.25, 0.3) is 0 Å². The molecular weight excluding hydrogens is 282 g/mol. The van der Waals surface area contributed by atoms with E-state index in [4.69, 9.17) is 0 Å². The first-order valence-electron chi connectivity index (χ1n) is 4.70. The van der Waals surface area contributed by atoms with Crippen molar-refractivity contribution in [3.63, 3.8) is 0 Å². The number of nitrogens with one attached hydrogen (secondary N) is 1. The van der Waals surface area contributed by atoms with Gasteiger partial charge in [0.1, 0.15) is 10.3 Å². The van der Waals surface area contributed by atoms with Crippen molar-refractivity contribution in [2.45, 2.75) is 25.9 Å². The molecule has 3 nitrogen and oxygen atoms in total. The maximum absolute atomic E-state index is 12.6. The van der Waals surface area contributed by atoms with Crippen LogP contribution in [0.4, 0.5) is 14.5 Å². The van der Waals surface area contributed by atoms with Gasteiger partial charge in [-0.2, -0.15) is 0 Å². The molecule has 0 aliphatic carbocycles. The second kappa shape index (κ2) is 5.05. The molecule has 0 aromatic carbocycles. The van der Waals surface area contributed by atoms with E-state index in [1.54, 1.807) is 19.9 Å². The molecule has 0 unspecified atom stereocenters. The molecule has 0 aliphatic heterocycles. The SMILES string of the molecule is CC(C)(O)CNc1ccc(Br)nc1C(F)F. The summed E-state index contributed by atoms with van der Waals surface area (Å²) in [6.07, 6.45) is -2.65. The van der Waals surface area contributed by atoms with Gasteiger partial charge in [-0.15, -0.1) is 0 Å². The zero-order chi connectivity index (χ0) is 12.3.